The maximum absolute atomic E-state index is 15.4. The minimum Gasteiger partial charge on any atom is -0.379 e. The number of nitrogens with one attached hydrogen (secondary N) is 3. The second kappa shape index (κ2) is 10.5. The van der Waals surface area contributed by atoms with E-state index in [9.17, 15) is 13.2 Å². The Morgan fingerprint density at radius 1 is 1.11 bits per heavy atom. The Kier molecular flexibility index (Phi) is 7.14. The summed E-state index contributed by atoms with van der Waals surface area (Å²) in [5.74, 6) is -1.07. The molecule has 0 spiro atoms. The fourth-order valence-corrected chi connectivity index (χ4v) is 5.80. The van der Waals surface area contributed by atoms with Crippen molar-refractivity contribution in [3.8, 4) is 0 Å². The number of benzene rings is 1. The summed E-state index contributed by atoms with van der Waals surface area (Å²) in [6.07, 6.45) is 4.37. The Balaban J connectivity index is 1.38. The van der Waals surface area contributed by atoms with E-state index in [2.05, 4.69) is 29.9 Å². The first kappa shape index (κ1) is 24.6. The number of ketones is 1. The van der Waals surface area contributed by atoms with Gasteiger partial charge in [-0.1, -0.05) is 6.07 Å². The van der Waals surface area contributed by atoms with Crippen LogP contribution >= 0.6 is 0 Å². The van der Waals surface area contributed by atoms with Gasteiger partial charge in [-0.3, -0.25) is 14.4 Å². The number of carbonyl (C=O) groups is 1. The Labute approximate surface area is 208 Å². The van der Waals surface area contributed by atoms with Crippen molar-refractivity contribution in [3.63, 3.8) is 0 Å². The average molecular weight is 518 g/mol. The zero-order chi connectivity index (χ0) is 25.1. The van der Waals surface area contributed by atoms with Crippen molar-refractivity contribution >= 4 is 38.5 Å². The highest BCUT2D eigenvalue weighted by Gasteiger charge is 2.28. The topological polar surface area (TPSA) is 133 Å². The fraction of sp³-hybridized carbons (Fsp3) is 0.435. The maximum Gasteiger partial charge on any atom is 0.301 e. The molecule has 0 bridgehead atoms. The molecule has 2 saturated heterocycles. The quantitative estimate of drug-likeness (QED) is 0.366. The normalized spacial score (nSPS) is 17.5. The molecule has 13 heteroatoms. The number of ether oxygens (including phenoxy) is 1. The molecule has 2 aliphatic rings. The number of morpholine rings is 1. The van der Waals surface area contributed by atoms with Crippen molar-refractivity contribution in [1.29, 1.82) is 0 Å². The van der Waals surface area contributed by atoms with Gasteiger partial charge in [-0.15, -0.1) is 0 Å². The Morgan fingerprint density at radius 2 is 1.89 bits per heavy atom. The van der Waals surface area contributed by atoms with E-state index < -0.39 is 21.8 Å². The minimum atomic E-state index is -3.91. The molecule has 4 heterocycles. The molecule has 1 aromatic carbocycles. The van der Waals surface area contributed by atoms with Crippen LogP contribution in [-0.2, 0) is 14.9 Å². The van der Waals surface area contributed by atoms with E-state index in [0.717, 1.165) is 32.5 Å². The minimum absolute atomic E-state index is 0.193. The van der Waals surface area contributed by atoms with Gasteiger partial charge in [0.1, 0.15) is 17.8 Å². The second-order valence-electron chi connectivity index (χ2n) is 8.74. The molecule has 0 atom stereocenters. The highest BCUT2D eigenvalue weighted by molar-refractivity contribution is 7.90. The Morgan fingerprint density at radius 3 is 2.67 bits per heavy atom. The summed E-state index contributed by atoms with van der Waals surface area (Å²) in [7, 11) is -3.91. The number of nitrogens with zero attached hydrogens (tertiary/aromatic N) is 4. The summed E-state index contributed by atoms with van der Waals surface area (Å²) in [5, 5.41) is 3.71. The molecule has 5 rings (SSSR count). The molecular weight excluding hydrogens is 489 g/mol. The fourth-order valence-electron chi connectivity index (χ4n) is 4.50. The van der Waals surface area contributed by atoms with Crippen LogP contribution in [0.2, 0.25) is 0 Å². The van der Waals surface area contributed by atoms with Crippen molar-refractivity contribution in [2.75, 3.05) is 62.5 Å². The number of carbonyl (C=O) groups excluding carboxylic acids is 1. The van der Waals surface area contributed by atoms with Crippen molar-refractivity contribution in [2.24, 2.45) is 0 Å². The van der Waals surface area contributed by atoms with E-state index in [4.69, 9.17) is 4.74 Å². The molecule has 3 aromatic rings. The number of fused-ring (bicyclic) bond motifs is 1. The SMILES string of the molecule is O=C(c1cccc(NS(=O)(=O)N2CCCC2)c1F)c1c[nH]c2ncnc(NCCN3CCOCC3)c12. The van der Waals surface area contributed by atoms with E-state index in [1.807, 2.05) is 0 Å². The smallest absolute Gasteiger partial charge is 0.301 e. The number of anilines is 2. The standard InChI is InChI=1S/C23H28FN7O4S/c24-20-16(4-3-5-18(20)29-36(33,34)31-7-1-2-8-31)21(32)17-14-26-23-19(17)22(27-15-28-23)25-6-9-30-10-12-35-13-11-30/h3-5,14-15,29H,1-2,6-13H2,(H2,25,26,27,28). The van der Waals surface area contributed by atoms with Gasteiger partial charge in [0.25, 0.3) is 0 Å². The number of halogens is 1. The molecule has 3 N–H and O–H groups in total. The van der Waals surface area contributed by atoms with Gasteiger partial charge in [-0.25, -0.2) is 14.4 Å². The second-order valence-corrected chi connectivity index (χ2v) is 10.4. The van der Waals surface area contributed by atoms with Gasteiger partial charge in [-0.05, 0) is 25.0 Å². The molecule has 192 valence electrons. The average Bonchev–Trinajstić information content (AvgIpc) is 3.57. The van der Waals surface area contributed by atoms with E-state index in [1.54, 1.807) is 0 Å². The molecule has 2 aliphatic heterocycles. The summed E-state index contributed by atoms with van der Waals surface area (Å²) >= 11 is 0. The van der Waals surface area contributed by atoms with Crippen molar-refractivity contribution in [2.45, 2.75) is 12.8 Å². The number of hydrogen-bond donors (Lipinski definition) is 3. The lowest BCUT2D eigenvalue weighted by Crippen LogP contribution is -2.39. The van der Waals surface area contributed by atoms with Crippen LogP contribution in [0, 0.1) is 5.82 Å². The predicted molar refractivity (Wildman–Crippen MR) is 133 cm³/mol. The largest absolute Gasteiger partial charge is 0.379 e. The first-order valence-corrected chi connectivity index (χ1v) is 13.4. The van der Waals surface area contributed by atoms with Crippen LogP contribution in [0.3, 0.4) is 0 Å². The predicted octanol–water partition coefficient (Wildman–Crippen LogP) is 1.82. The molecule has 0 unspecified atom stereocenters. The lowest BCUT2D eigenvalue weighted by atomic mass is 10.0. The first-order valence-electron chi connectivity index (χ1n) is 11.9. The van der Waals surface area contributed by atoms with Crippen LogP contribution in [0.15, 0.2) is 30.7 Å². The van der Waals surface area contributed by atoms with Gasteiger partial charge in [0, 0.05) is 45.5 Å². The van der Waals surface area contributed by atoms with E-state index in [-0.39, 0.29) is 16.8 Å². The summed E-state index contributed by atoms with van der Waals surface area (Å²) in [4.78, 5) is 27.1. The number of rotatable bonds is 9. The third-order valence-electron chi connectivity index (χ3n) is 6.43. The van der Waals surface area contributed by atoms with Crippen LogP contribution < -0.4 is 10.0 Å². The summed E-state index contributed by atoms with van der Waals surface area (Å²) in [6.45, 7) is 5.24. The number of aromatic nitrogens is 3. The summed E-state index contributed by atoms with van der Waals surface area (Å²) in [5.41, 5.74) is 0.111. The van der Waals surface area contributed by atoms with Crippen LogP contribution in [0.1, 0.15) is 28.8 Å². The first-order chi connectivity index (χ1) is 17.4. The molecule has 2 aromatic heterocycles. The van der Waals surface area contributed by atoms with E-state index in [0.29, 0.717) is 49.7 Å². The van der Waals surface area contributed by atoms with Gasteiger partial charge in [0.05, 0.1) is 35.4 Å². The molecular formula is C23H28FN7O4S. The van der Waals surface area contributed by atoms with Gasteiger partial charge in [0.2, 0.25) is 0 Å². The Bertz CT molecular complexity index is 1350. The number of H-pyrrole nitrogens is 1. The lowest BCUT2D eigenvalue weighted by molar-refractivity contribution is 0.0398. The molecule has 2 fully saturated rings. The molecule has 0 saturated carbocycles. The van der Waals surface area contributed by atoms with E-state index in [1.165, 1.54) is 35.0 Å². The van der Waals surface area contributed by atoms with Crippen LogP contribution in [0.25, 0.3) is 11.0 Å². The lowest BCUT2D eigenvalue weighted by Gasteiger charge is -2.26. The highest BCUT2D eigenvalue weighted by Crippen LogP contribution is 2.28. The van der Waals surface area contributed by atoms with Crippen molar-refractivity contribution < 1.29 is 22.3 Å². The highest BCUT2D eigenvalue weighted by atomic mass is 32.2. The summed E-state index contributed by atoms with van der Waals surface area (Å²) in [6, 6.07) is 4.08. The zero-order valence-electron chi connectivity index (χ0n) is 19.7. The van der Waals surface area contributed by atoms with Gasteiger partial charge in [0.15, 0.2) is 11.6 Å². The number of aromatic amines is 1. The molecule has 0 aliphatic carbocycles. The molecule has 36 heavy (non-hydrogen) atoms. The Hall–Kier alpha value is -3.13. The zero-order valence-corrected chi connectivity index (χ0v) is 20.5. The third-order valence-corrected chi connectivity index (χ3v) is 7.95. The molecule has 0 amide bonds. The van der Waals surface area contributed by atoms with Crippen molar-refractivity contribution in [3.05, 3.63) is 47.7 Å². The molecule has 11 nitrogen and oxygen atoms in total. The van der Waals surface area contributed by atoms with Crippen molar-refractivity contribution in [1.82, 2.24) is 24.2 Å². The summed E-state index contributed by atoms with van der Waals surface area (Å²) < 4.78 is 49.6. The number of hydrogen-bond acceptors (Lipinski definition) is 8. The van der Waals surface area contributed by atoms with Crippen LogP contribution in [0.4, 0.5) is 15.9 Å². The van der Waals surface area contributed by atoms with Gasteiger partial charge in [-0.2, -0.15) is 12.7 Å². The van der Waals surface area contributed by atoms with Crippen LogP contribution in [0.5, 0.6) is 0 Å². The van der Waals surface area contributed by atoms with Crippen LogP contribution in [-0.4, -0.2) is 90.8 Å². The molecule has 0 radical (unpaired) electrons. The van der Waals surface area contributed by atoms with Gasteiger partial charge >= 0.3 is 10.2 Å². The van der Waals surface area contributed by atoms with E-state index >= 15 is 4.39 Å². The maximum atomic E-state index is 15.4. The van der Waals surface area contributed by atoms with Gasteiger partial charge < -0.3 is 15.0 Å². The third kappa shape index (κ3) is 5.05. The monoisotopic (exact) mass is 517 g/mol.